The molecule has 0 atom stereocenters. The van der Waals surface area contributed by atoms with Gasteiger partial charge >= 0.3 is 0 Å². The Morgan fingerprint density at radius 3 is 1.92 bits per heavy atom. The van der Waals surface area contributed by atoms with Gasteiger partial charge in [-0.3, -0.25) is 15.3 Å². The predicted octanol–water partition coefficient (Wildman–Crippen LogP) is 0.313. The van der Waals surface area contributed by atoms with Gasteiger partial charge in [-0.2, -0.15) is 0 Å². The van der Waals surface area contributed by atoms with E-state index in [4.69, 9.17) is 16.9 Å². The van der Waals surface area contributed by atoms with Crippen LogP contribution in [0.4, 0.5) is 0 Å². The average molecular weight is 185 g/mol. The lowest BCUT2D eigenvalue weighted by Gasteiger charge is -2.25. The molecule has 0 saturated heterocycles. The summed E-state index contributed by atoms with van der Waals surface area (Å²) >= 11 is 0. The van der Waals surface area contributed by atoms with Crippen LogP contribution in [0, 0.1) is 5.41 Å². The van der Waals surface area contributed by atoms with Gasteiger partial charge in [-0.25, -0.2) is 0 Å². The van der Waals surface area contributed by atoms with Crippen LogP contribution in [0.15, 0.2) is 4.99 Å². The Balaban J connectivity index is 4.65. The molecule has 0 aliphatic heterocycles. The van der Waals surface area contributed by atoms with Crippen molar-refractivity contribution in [2.45, 2.75) is 39.8 Å². The van der Waals surface area contributed by atoms with Gasteiger partial charge in [-0.15, -0.1) is 0 Å². The Morgan fingerprint density at radius 2 is 1.69 bits per heavy atom. The molecule has 13 heavy (non-hydrogen) atoms. The van der Waals surface area contributed by atoms with Gasteiger partial charge in [0.2, 0.25) is 0 Å². The number of aliphatic imine (C=N–C) groups is 1. The average Bonchev–Trinajstić information content (AvgIpc) is 1.81. The fraction of sp³-hybridized carbons (Fsp3) is 0.750. The molecule has 0 rings (SSSR count). The van der Waals surface area contributed by atoms with E-state index in [0.29, 0.717) is 5.96 Å². The second-order valence-corrected chi connectivity index (χ2v) is 3.43. The van der Waals surface area contributed by atoms with Crippen molar-refractivity contribution in [3.05, 3.63) is 0 Å². The van der Waals surface area contributed by atoms with Gasteiger partial charge in [-0.05, 0) is 27.7 Å². The van der Waals surface area contributed by atoms with Gasteiger partial charge < -0.3 is 11.5 Å². The van der Waals surface area contributed by atoms with Gasteiger partial charge in [0.25, 0.3) is 0 Å². The number of nitrogens with one attached hydrogen (secondary N) is 1. The van der Waals surface area contributed by atoms with Crippen molar-refractivity contribution in [3.63, 3.8) is 0 Å². The summed E-state index contributed by atoms with van der Waals surface area (Å²) in [6, 6.07) is 0.167. The summed E-state index contributed by atoms with van der Waals surface area (Å²) in [6.45, 7) is 7.66. The van der Waals surface area contributed by atoms with Crippen LogP contribution >= 0.6 is 0 Å². The number of guanidine groups is 2. The van der Waals surface area contributed by atoms with Crippen molar-refractivity contribution in [1.29, 1.82) is 5.41 Å². The Hall–Kier alpha value is -1.26. The molecular formula is C8H19N5. The molecular weight excluding hydrogens is 166 g/mol. The van der Waals surface area contributed by atoms with Crippen molar-refractivity contribution >= 4 is 11.9 Å². The number of rotatable bonds is 2. The summed E-state index contributed by atoms with van der Waals surface area (Å²) in [7, 11) is 0. The van der Waals surface area contributed by atoms with Gasteiger partial charge in [0, 0.05) is 12.1 Å². The Labute approximate surface area is 79.3 Å². The highest BCUT2D eigenvalue weighted by Crippen LogP contribution is 1.98. The van der Waals surface area contributed by atoms with Crippen LogP contribution in [0.3, 0.4) is 0 Å². The third kappa shape index (κ3) is 3.78. The molecule has 5 nitrogen and oxygen atoms in total. The van der Waals surface area contributed by atoms with E-state index in [2.05, 4.69) is 4.99 Å². The largest absolute Gasteiger partial charge is 0.370 e. The zero-order chi connectivity index (χ0) is 10.6. The minimum absolute atomic E-state index is 0.0556. The van der Waals surface area contributed by atoms with Gasteiger partial charge in [0.15, 0.2) is 11.9 Å². The van der Waals surface area contributed by atoms with E-state index in [0.717, 1.165) is 0 Å². The highest BCUT2D eigenvalue weighted by molar-refractivity contribution is 5.96. The van der Waals surface area contributed by atoms with Crippen molar-refractivity contribution < 1.29 is 0 Å². The van der Waals surface area contributed by atoms with Crippen molar-refractivity contribution in [3.8, 4) is 0 Å². The van der Waals surface area contributed by atoms with Crippen LogP contribution in [-0.2, 0) is 0 Å². The van der Waals surface area contributed by atoms with E-state index in [-0.39, 0.29) is 18.0 Å². The molecule has 0 heterocycles. The molecule has 0 bridgehead atoms. The lowest BCUT2D eigenvalue weighted by molar-refractivity contribution is 0.483. The number of hydrogen-bond acceptors (Lipinski definition) is 2. The summed E-state index contributed by atoms with van der Waals surface area (Å²) in [5, 5.41) is 7.30. The molecule has 0 unspecified atom stereocenters. The molecule has 0 fully saturated rings. The van der Waals surface area contributed by atoms with E-state index >= 15 is 0 Å². The molecule has 76 valence electrons. The summed E-state index contributed by atoms with van der Waals surface area (Å²) in [5.41, 5.74) is 11.0. The first kappa shape index (κ1) is 11.7. The van der Waals surface area contributed by atoms with Gasteiger partial charge in [-0.1, -0.05) is 0 Å². The second kappa shape index (κ2) is 4.69. The monoisotopic (exact) mass is 185 g/mol. The minimum Gasteiger partial charge on any atom is -0.370 e. The van der Waals surface area contributed by atoms with Crippen molar-refractivity contribution in [2.75, 3.05) is 0 Å². The Bertz CT molecular complexity index is 207. The quantitative estimate of drug-likeness (QED) is 0.427. The summed E-state index contributed by atoms with van der Waals surface area (Å²) in [6.07, 6.45) is 0. The maximum absolute atomic E-state index is 7.30. The first-order chi connectivity index (χ1) is 5.86. The summed E-state index contributed by atoms with van der Waals surface area (Å²) in [4.78, 5) is 5.61. The van der Waals surface area contributed by atoms with Gasteiger partial charge in [0.05, 0.1) is 0 Å². The van der Waals surface area contributed by atoms with Crippen LogP contribution in [0.25, 0.3) is 0 Å². The fourth-order valence-corrected chi connectivity index (χ4v) is 0.993. The first-order valence-corrected chi connectivity index (χ1v) is 4.32. The maximum atomic E-state index is 7.30. The van der Waals surface area contributed by atoms with E-state index in [1.807, 2.05) is 27.7 Å². The fourth-order valence-electron chi connectivity index (χ4n) is 0.993. The van der Waals surface area contributed by atoms with E-state index in [1.54, 1.807) is 0 Å². The Kier molecular flexibility index (Phi) is 4.23. The van der Waals surface area contributed by atoms with Crippen LogP contribution in [-0.4, -0.2) is 28.9 Å². The van der Waals surface area contributed by atoms with Crippen LogP contribution in [0.2, 0.25) is 0 Å². The van der Waals surface area contributed by atoms with E-state index < -0.39 is 0 Å². The number of hydrogen-bond donors (Lipinski definition) is 3. The zero-order valence-electron chi connectivity index (χ0n) is 8.70. The molecule has 0 aliphatic rings. The summed E-state index contributed by atoms with van der Waals surface area (Å²) in [5.74, 6) is 0.231. The smallest absolute Gasteiger partial charge is 0.198 e. The Morgan fingerprint density at radius 1 is 1.23 bits per heavy atom. The lowest BCUT2D eigenvalue weighted by Crippen LogP contribution is -2.49. The summed E-state index contributed by atoms with van der Waals surface area (Å²) < 4.78 is 0. The van der Waals surface area contributed by atoms with E-state index in [9.17, 15) is 0 Å². The third-order valence-corrected chi connectivity index (χ3v) is 1.41. The molecule has 0 spiro atoms. The van der Waals surface area contributed by atoms with Crippen LogP contribution in [0.1, 0.15) is 27.7 Å². The first-order valence-electron chi connectivity index (χ1n) is 4.32. The molecule has 0 radical (unpaired) electrons. The van der Waals surface area contributed by atoms with Crippen LogP contribution in [0.5, 0.6) is 0 Å². The minimum atomic E-state index is -0.0723. The SMILES string of the molecule is CC(C)N=C(N)N(C(=N)N)C(C)C. The standard InChI is InChI=1S/C8H19N5/c1-5(2)12-8(11)13(6(3)4)7(9)10/h5-6H,1-4H3,(H3,9,10)(H2,11,12). The molecule has 5 heteroatoms. The molecule has 0 aromatic rings. The number of nitrogens with zero attached hydrogens (tertiary/aromatic N) is 2. The topological polar surface area (TPSA) is 91.5 Å². The predicted molar refractivity (Wildman–Crippen MR) is 55.6 cm³/mol. The second-order valence-electron chi connectivity index (χ2n) is 3.43. The number of nitrogens with two attached hydrogens (primary N) is 2. The highest BCUT2D eigenvalue weighted by Gasteiger charge is 2.14. The maximum Gasteiger partial charge on any atom is 0.198 e. The molecule has 0 aromatic heterocycles. The molecule has 0 saturated carbocycles. The van der Waals surface area contributed by atoms with Crippen LogP contribution < -0.4 is 11.5 Å². The molecule has 5 N–H and O–H groups in total. The third-order valence-electron chi connectivity index (χ3n) is 1.41. The normalized spacial score (nSPS) is 12.3. The van der Waals surface area contributed by atoms with Gasteiger partial charge in [0.1, 0.15) is 0 Å². The molecule has 0 amide bonds. The highest BCUT2D eigenvalue weighted by atomic mass is 15.3. The molecule has 0 aliphatic carbocycles. The van der Waals surface area contributed by atoms with Crippen molar-refractivity contribution in [2.24, 2.45) is 16.5 Å². The van der Waals surface area contributed by atoms with E-state index in [1.165, 1.54) is 4.90 Å². The molecule has 0 aromatic carbocycles. The van der Waals surface area contributed by atoms with Crippen molar-refractivity contribution in [1.82, 2.24) is 4.90 Å². The lowest BCUT2D eigenvalue weighted by atomic mass is 10.3. The zero-order valence-corrected chi connectivity index (χ0v) is 8.70.